The average molecular weight is 347 g/mol. The normalized spacial score (nSPS) is 14.3. The maximum absolute atomic E-state index is 12.5. The standard InChI is InChI=1S/C21H21N3O2/c1-2-16-7-6-10-19(15-16)22-20(25)17-11-13-24(14-12-17)21(26)23-18-8-4-3-5-9-18/h1,3-10,15,17H,11-14H2,(H,22,25)(H,23,26). The maximum atomic E-state index is 12.5. The first kappa shape index (κ1) is 17.6. The number of likely N-dealkylation sites (tertiary alicyclic amines) is 1. The quantitative estimate of drug-likeness (QED) is 0.834. The molecule has 3 rings (SSSR count). The highest BCUT2D eigenvalue weighted by Crippen LogP contribution is 2.21. The molecule has 0 bridgehead atoms. The van der Waals surface area contributed by atoms with Crippen molar-refractivity contribution < 1.29 is 9.59 Å². The molecule has 1 aliphatic heterocycles. The van der Waals surface area contributed by atoms with Crippen LogP contribution in [0.3, 0.4) is 0 Å². The third-order valence-electron chi connectivity index (χ3n) is 4.47. The Hall–Kier alpha value is -3.26. The summed E-state index contributed by atoms with van der Waals surface area (Å²) in [6.07, 6.45) is 6.67. The van der Waals surface area contributed by atoms with E-state index < -0.39 is 0 Å². The fraction of sp³-hybridized carbons (Fsp3) is 0.238. The number of para-hydroxylation sites is 1. The predicted octanol–water partition coefficient (Wildman–Crippen LogP) is 3.55. The predicted molar refractivity (Wildman–Crippen MR) is 103 cm³/mol. The number of nitrogens with zero attached hydrogens (tertiary/aromatic N) is 1. The number of amides is 3. The molecule has 132 valence electrons. The molecule has 5 nitrogen and oxygen atoms in total. The molecule has 2 aromatic rings. The Morgan fingerprint density at radius 2 is 1.65 bits per heavy atom. The zero-order valence-corrected chi connectivity index (χ0v) is 14.4. The Kier molecular flexibility index (Phi) is 5.55. The van der Waals surface area contributed by atoms with E-state index in [9.17, 15) is 9.59 Å². The SMILES string of the molecule is C#Cc1cccc(NC(=O)C2CCN(C(=O)Nc3ccccc3)CC2)c1. The van der Waals surface area contributed by atoms with E-state index in [4.69, 9.17) is 6.42 Å². The van der Waals surface area contributed by atoms with Gasteiger partial charge in [0.15, 0.2) is 0 Å². The van der Waals surface area contributed by atoms with Gasteiger partial charge < -0.3 is 15.5 Å². The molecular weight excluding hydrogens is 326 g/mol. The van der Waals surface area contributed by atoms with Gasteiger partial charge in [-0.2, -0.15) is 0 Å². The highest BCUT2D eigenvalue weighted by Gasteiger charge is 2.27. The summed E-state index contributed by atoms with van der Waals surface area (Å²) in [5.74, 6) is 2.42. The van der Waals surface area contributed by atoms with Gasteiger partial charge in [-0.1, -0.05) is 30.2 Å². The van der Waals surface area contributed by atoms with Crippen molar-refractivity contribution in [3.05, 3.63) is 60.2 Å². The van der Waals surface area contributed by atoms with Gasteiger partial charge in [0.2, 0.25) is 5.91 Å². The third kappa shape index (κ3) is 4.42. The summed E-state index contributed by atoms with van der Waals surface area (Å²) >= 11 is 0. The Labute approximate surface area is 153 Å². The van der Waals surface area contributed by atoms with Gasteiger partial charge in [-0.15, -0.1) is 6.42 Å². The fourth-order valence-electron chi connectivity index (χ4n) is 3.00. The van der Waals surface area contributed by atoms with Crippen molar-refractivity contribution in [1.82, 2.24) is 4.90 Å². The molecule has 5 heteroatoms. The molecule has 0 aromatic heterocycles. The van der Waals surface area contributed by atoms with Crippen LogP contribution < -0.4 is 10.6 Å². The lowest BCUT2D eigenvalue weighted by atomic mass is 9.96. The highest BCUT2D eigenvalue weighted by atomic mass is 16.2. The first-order valence-corrected chi connectivity index (χ1v) is 8.64. The van der Waals surface area contributed by atoms with Crippen LogP contribution >= 0.6 is 0 Å². The Morgan fingerprint density at radius 3 is 2.35 bits per heavy atom. The molecule has 0 aliphatic carbocycles. The number of terminal acetylenes is 1. The second-order valence-corrected chi connectivity index (χ2v) is 6.27. The number of urea groups is 1. The van der Waals surface area contributed by atoms with Gasteiger partial charge in [0.1, 0.15) is 0 Å². The fourth-order valence-corrected chi connectivity index (χ4v) is 3.00. The Morgan fingerprint density at radius 1 is 0.962 bits per heavy atom. The molecule has 0 saturated carbocycles. The molecule has 2 N–H and O–H groups in total. The van der Waals surface area contributed by atoms with Gasteiger partial charge in [0, 0.05) is 35.9 Å². The van der Waals surface area contributed by atoms with Crippen LogP contribution in [-0.4, -0.2) is 29.9 Å². The monoisotopic (exact) mass is 347 g/mol. The number of rotatable bonds is 3. The lowest BCUT2D eigenvalue weighted by Gasteiger charge is -2.31. The van der Waals surface area contributed by atoms with Crippen LogP contribution in [0.15, 0.2) is 54.6 Å². The summed E-state index contributed by atoms with van der Waals surface area (Å²) in [7, 11) is 0. The van der Waals surface area contributed by atoms with Crippen LogP contribution in [0.1, 0.15) is 18.4 Å². The number of piperidine rings is 1. The van der Waals surface area contributed by atoms with Crippen LogP contribution in [0.4, 0.5) is 16.2 Å². The summed E-state index contributed by atoms with van der Waals surface area (Å²) in [4.78, 5) is 26.5. The Bertz CT molecular complexity index is 819. The number of anilines is 2. The molecule has 3 amide bonds. The molecule has 0 radical (unpaired) electrons. The first-order chi connectivity index (χ1) is 12.7. The van der Waals surface area contributed by atoms with Gasteiger partial charge >= 0.3 is 6.03 Å². The van der Waals surface area contributed by atoms with Gasteiger partial charge in [0.25, 0.3) is 0 Å². The number of hydrogen-bond donors (Lipinski definition) is 2. The first-order valence-electron chi connectivity index (χ1n) is 8.64. The number of carbonyl (C=O) groups excluding carboxylic acids is 2. The number of hydrogen-bond acceptors (Lipinski definition) is 2. The van der Waals surface area contributed by atoms with Gasteiger partial charge in [-0.05, 0) is 43.2 Å². The number of nitrogens with one attached hydrogen (secondary N) is 2. The van der Waals surface area contributed by atoms with E-state index in [1.54, 1.807) is 11.0 Å². The Balaban J connectivity index is 1.50. The molecule has 0 unspecified atom stereocenters. The molecule has 2 aromatic carbocycles. The molecule has 0 atom stereocenters. The summed E-state index contributed by atoms with van der Waals surface area (Å²) < 4.78 is 0. The van der Waals surface area contributed by atoms with Gasteiger partial charge in [0.05, 0.1) is 0 Å². The van der Waals surface area contributed by atoms with Crippen molar-refractivity contribution >= 4 is 23.3 Å². The zero-order chi connectivity index (χ0) is 18.4. The van der Waals surface area contributed by atoms with Crippen molar-refractivity contribution in [2.45, 2.75) is 12.8 Å². The van der Waals surface area contributed by atoms with Crippen molar-refractivity contribution in [2.24, 2.45) is 5.92 Å². The minimum atomic E-state index is -0.128. The summed E-state index contributed by atoms with van der Waals surface area (Å²) in [5.41, 5.74) is 2.20. The number of benzene rings is 2. The van der Waals surface area contributed by atoms with Crippen LogP contribution in [0.25, 0.3) is 0 Å². The van der Waals surface area contributed by atoms with Crippen LogP contribution in [0, 0.1) is 18.3 Å². The van der Waals surface area contributed by atoms with E-state index in [2.05, 4.69) is 16.6 Å². The number of carbonyl (C=O) groups is 2. The molecule has 0 spiro atoms. The smallest absolute Gasteiger partial charge is 0.321 e. The van der Waals surface area contributed by atoms with E-state index in [0.717, 1.165) is 11.3 Å². The third-order valence-corrected chi connectivity index (χ3v) is 4.47. The molecule has 1 aliphatic rings. The average Bonchev–Trinajstić information content (AvgIpc) is 2.69. The van der Waals surface area contributed by atoms with Crippen molar-refractivity contribution in [3.63, 3.8) is 0 Å². The van der Waals surface area contributed by atoms with Crippen molar-refractivity contribution in [1.29, 1.82) is 0 Å². The van der Waals surface area contributed by atoms with Gasteiger partial charge in [-0.3, -0.25) is 4.79 Å². The second-order valence-electron chi connectivity index (χ2n) is 6.27. The van der Waals surface area contributed by atoms with Crippen LogP contribution in [-0.2, 0) is 4.79 Å². The molecule has 1 saturated heterocycles. The lowest BCUT2D eigenvalue weighted by molar-refractivity contribution is -0.121. The van der Waals surface area contributed by atoms with E-state index in [1.165, 1.54) is 0 Å². The topological polar surface area (TPSA) is 61.4 Å². The maximum Gasteiger partial charge on any atom is 0.321 e. The van der Waals surface area contributed by atoms with E-state index in [-0.39, 0.29) is 17.9 Å². The largest absolute Gasteiger partial charge is 0.326 e. The summed E-state index contributed by atoms with van der Waals surface area (Å²) in [6.45, 7) is 1.11. The van der Waals surface area contributed by atoms with Gasteiger partial charge in [-0.25, -0.2) is 4.79 Å². The minimum Gasteiger partial charge on any atom is -0.326 e. The van der Waals surface area contributed by atoms with Crippen LogP contribution in [0.2, 0.25) is 0 Å². The van der Waals surface area contributed by atoms with E-state index in [1.807, 2.05) is 48.5 Å². The molecular formula is C21H21N3O2. The summed E-state index contributed by atoms with van der Waals surface area (Å²) in [5, 5.41) is 5.79. The molecule has 26 heavy (non-hydrogen) atoms. The van der Waals surface area contributed by atoms with Crippen molar-refractivity contribution in [2.75, 3.05) is 23.7 Å². The highest BCUT2D eigenvalue weighted by molar-refractivity contribution is 5.93. The second kappa shape index (κ2) is 8.21. The zero-order valence-electron chi connectivity index (χ0n) is 14.4. The molecule has 1 fully saturated rings. The lowest BCUT2D eigenvalue weighted by Crippen LogP contribution is -2.43. The van der Waals surface area contributed by atoms with E-state index >= 15 is 0 Å². The van der Waals surface area contributed by atoms with E-state index in [0.29, 0.717) is 31.6 Å². The van der Waals surface area contributed by atoms with Crippen molar-refractivity contribution in [3.8, 4) is 12.3 Å². The molecule has 1 heterocycles. The minimum absolute atomic E-state index is 0.0257. The van der Waals surface area contributed by atoms with Crippen LogP contribution in [0.5, 0.6) is 0 Å². The summed E-state index contributed by atoms with van der Waals surface area (Å²) in [6, 6.07) is 16.5.